The predicted octanol–water partition coefficient (Wildman–Crippen LogP) is 3.72. The van der Waals surface area contributed by atoms with E-state index in [1.165, 1.54) is 12.4 Å². The number of nitriles is 1. The molecule has 1 aromatic heterocycles. The molecule has 0 spiro atoms. The van der Waals surface area contributed by atoms with Crippen LogP contribution in [0.1, 0.15) is 21.6 Å². The molecule has 0 unspecified atom stereocenters. The second-order valence-electron chi connectivity index (χ2n) is 5.73. The van der Waals surface area contributed by atoms with Gasteiger partial charge in [0.05, 0.1) is 24.0 Å². The molecule has 0 aliphatic rings. The highest BCUT2D eigenvalue weighted by atomic mass is 35.5. The maximum atomic E-state index is 12.1. The van der Waals surface area contributed by atoms with Crippen LogP contribution in [0.2, 0.25) is 5.02 Å². The molecule has 0 saturated heterocycles. The van der Waals surface area contributed by atoms with Gasteiger partial charge in [-0.2, -0.15) is 5.26 Å². The molecular formula is C20H16ClN5O. The minimum Gasteiger partial charge on any atom is -0.350 e. The predicted molar refractivity (Wildman–Crippen MR) is 104 cm³/mol. The van der Waals surface area contributed by atoms with Crippen molar-refractivity contribution in [3.05, 3.63) is 82.8 Å². The lowest BCUT2D eigenvalue weighted by Crippen LogP contribution is -2.26. The zero-order chi connectivity index (χ0) is 19.1. The van der Waals surface area contributed by atoms with E-state index in [-0.39, 0.29) is 11.6 Å². The number of carbonyl (C=O) groups excluding carboxylic acids is 1. The number of anilines is 2. The highest BCUT2D eigenvalue weighted by Gasteiger charge is 2.08. The van der Waals surface area contributed by atoms with Crippen molar-refractivity contribution in [1.82, 2.24) is 15.3 Å². The molecule has 3 aromatic rings. The number of benzene rings is 2. The maximum Gasteiger partial charge on any atom is 0.271 e. The second kappa shape index (κ2) is 8.79. The molecule has 7 heteroatoms. The van der Waals surface area contributed by atoms with Crippen molar-refractivity contribution < 1.29 is 4.79 Å². The maximum absolute atomic E-state index is 12.1. The average Bonchev–Trinajstić information content (AvgIpc) is 2.70. The summed E-state index contributed by atoms with van der Waals surface area (Å²) < 4.78 is 0. The largest absolute Gasteiger partial charge is 0.350 e. The Balaban J connectivity index is 1.52. The van der Waals surface area contributed by atoms with Gasteiger partial charge in [0.15, 0.2) is 0 Å². The lowest BCUT2D eigenvalue weighted by atomic mass is 10.1. The Kier molecular flexibility index (Phi) is 5.98. The average molecular weight is 378 g/mol. The number of nitrogens with zero attached hydrogens (tertiary/aromatic N) is 3. The summed E-state index contributed by atoms with van der Waals surface area (Å²) >= 11 is 5.85. The summed E-state index contributed by atoms with van der Waals surface area (Å²) in [6.07, 6.45) is 3.62. The second-order valence-corrected chi connectivity index (χ2v) is 6.17. The zero-order valence-electron chi connectivity index (χ0n) is 14.3. The molecule has 1 amide bonds. The number of aromatic nitrogens is 2. The summed E-state index contributed by atoms with van der Waals surface area (Å²) in [5, 5.41) is 15.4. The first kappa shape index (κ1) is 18.4. The van der Waals surface area contributed by atoms with Gasteiger partial charge in [0, 0.05) is 17.3 Å². The molecule has 3 rings (SSSR count). The standard InChI is InChI=1S/C20H16ClN5O/c21-16-5-1-14(2-6-16)9-10-23-20(27)18-12-25-19(13-24-18)26-17-7-3-15(11-22)4-8-17/h1-8,12-13H,9-10H2,(H,23,27)(H,25,26). The SMILES string of the molecule is N#Cc1ccc(Nc2cnc(C(=O)NCCc3ccc(Cl)cc3)cn2)cc1. The monoisotopic (exact) mass is 377 g/mol. The quantitative estimate of drug-likeness (QED) is 0.683. The van der Waals surface area contributed by atoms with Gasteiger partial charge in [-0.05, 0) is 48.4 Å². The summed E-state index contributed by atoms with van der Waals surface area (Å²) in [5.41, 5.74) is 2.70. The fraction of sp³-hybridized carbons (Fsp3) is 0.100. The minimum absolute atomic E-state index is 0.247. The number of nitrogens with one attached hydrogen (secondary N) is 2. The van der Waals surface area contributed by atoms with Gasteiger partial charge in [0.25, 0.3) is 5.91 Å². The third-order valence-corrected chi connectivity index (χ3v) is 4.04. The van der Waals surface area contributed by atoms with Gasteiger partial charge in [-0.3, -0.25) is 4.79 Å². The summed E-state index contributed by atoms with van der Waals surface area (Å²) in [4.78, 5) is 20.5. The minimum atomic E-state index is -0.276. The molecule has 0 fully saturated rings. The van der Waals surface area contributed by atoms with Crippen molar-refractivity contribution >= 4 is 29.0 Å². The lowest BCUT2D eigenvalue weighted by Gasteiger charge is -2.07. The molecule has 134 valence electrons. The number of rotatable bonds is 6. The van der Waals surface area contributed by atoms with E-state index in [0.717, 1.165) is 11.3 Å². The molecule has 0 aliphatic carbocycles. The fourth-order valence-corrected chi connectivity index (χ4v) is 2.47. The lowest BCUT2D eigenvalue weighted by molar-refractivity contribution is 0.0949. The highest BCUT2D eigenvalue weighted by Crippen LogP contribution is 2.14. The third kappa shape index (κ3) is 5.27. The van der Waals surface area contributed by atoms with Crippen LogP contribution in [-0.4, -0.2) is 22.4 Å². The first-order chi connectivity index (χ1) is 13.1. The Morgan fingerprint density at radius 2 is 1.78 bits per heavy atom. The van der Waals surface area contributed by atoms with Crippen molar-refractivity contribution in [2.45, 2.75) is 6.42 Å². The van der Waals surface area contributed by atoms with Gasteiger partial charge >= 0.3 is 0 Å². The Bertz CT molecular complexity index is 948. The van der Waals surface area contributed by atoms with Gasteiger partial charge in [-0.15, -0.1) is 0 Å². The summed E-state index contributed by atoms with van der Waals surface area (Å²) in [7, 11) is 0. The van der Waals surface area contributed by atoms with Crippen LogP contribution in [-0.2, 0) is 6.42 Å². The molecule has 0 radical (unpaired) electrons. The molecule has 0 saturated carbocycles. The fourth-order valence-electron chi connectivity index (χ4n) is 2.35. The molecule has 0 aliphatic heterocycles. The van der Waals surface area contributed by atoms with E-state index in [9.17, 15) is 4.79 Å². The van der Waals surface area contributed by atoms with Crippen molar-refractivity contribution in [3.8, 4) is 6.07 Å². The van der Waals surface area contributed by atoms with Gasteiger partial charge in [0.2, 0.25) is 0 Å². The zero-order valence-corrected chi connectivity index (χ0v) is 15.1. The van der Waals surface area contributed by atoms with Crippen LogP contribution in [0.4, 0.5) is 11.5 Å². The van der Waals surface area contributed by atoms with Crippen LogP contribution in [0, 0.1) is 11.3 Å². The summed E-state index contributed by atoms with van der Waals surface area (Å²) in [6.45, 7) is 0.493. The molecule has 27 heavy (non-hydrogen) atoms. The molecule has 2 aromatic carbocycles. The van der Waals surface area contributed by atoms with Crippen LogP contribution in [0.5, 0.6) is 0 Å². The first-order valence-electron chi connectivity index (χ1n) is 8.26. The number of amides is 1. The van der Waals surface area contributed by atoms with Gasteiger partial charge in [-0.25, -0.2) is 9.97 Å². The van der Waals surface area contributed by atoms with E-state index < -0.39 is 0 Å². The van der Waals surface area contributed by atoms with Crippen molar-refractivity contribution in [2.75, 3.05) is 11.9 Å². The number of hydrogen-bond donors (Lipinski definition) is 2. The number of carbonyl (C=O) groups is 1. The number of halogens is 1. The van der Waals surface area contributed by atoms with E-state index in [2.05, 4.69) is 26.7 Å². The summed E-state index contributed by atoms with van der Waals surface area (Å²) in [6, 6.07) is 16.5. The van der Waals surface area contributed by atoms with Crippen molar-refractivity contribution in [1.29, 1.82) is 5.26 Å². The summed E-state index contributed by atoms with van der Waals surface area (Å²) in [5.74, 6) is 0.235. The van der Waals surface area contributed by atoms with Crippen LogP contribution in [0.25, 0.3) is 0 Å². The van der Waals surface area contributed by atoms with Gasteiger partial charge < -0.3 is 10.6 Å². The van der Waals surface area contributed by atoms with E-state index in [0.29, 0.717) is 29.4 Å². The molecular weight excluding hydrogens is 362 g/mol. The Labute approximate surface area is 161 Å². The van der Waals surface area contributed by atoms with E-state index in [4.69, 9.17) is 16.9 Å². The van der Waals surface area contributed by atoms with Crippen LogP contribution >= 0.6 is 11.6 Å². The third-order valence-electron chi connectivity index (χ3n) is 3.78. The van der Waals surface area contributed by atoms with Crippen LogP contribution in [0.3, 0.4) is 0 Å². The van der Waals surface area contributed by atoms with E-state index in [1.54, 1.807) is 24.3 Å². The van der Waals surface area contributed by atoms with Gasteiger partial charge in [0.1, 0.15) is 11.5 Å². The Hall–Kier alpha value is -3.43. The molecule has 0 atom stereocenters. The topological polar surface area (TPSA) is 90.7 Å². The normalized spacial score (nSPS) is 10.1. The van der Waals surface area contributed by atoms with Gasteiger partial charge in [-0.1, -0.05) is 23.7 Å². The van der Waals surface area contributed by atoms with E-state index in [1.807, 2.05) is 24.3 Å². The smallest absolute Gasteiger partial charge is 0.271 e. The highest BCUT2D eigenvalue weighted by molar-refractivity contribution is 6.30. The van der Waals surface area contributed by atoms with Crippen LogP contribution < -0.4 is 10.6 Å². The molecule has 1 heterocycles. The first-order valence-corrected chi connectivity index (χ1v) is 8.64. The molecule has 0 bridgehead atoms. The Morgan fingerprint density at radius 1 is 1.04 bits per heavy atom. The van der Waals surface area contributed by atoms with Crippen molar-refractivity contribution in [3.63, 3.8) is 0 Å². The van der Waals surface area contributed by atoms with E-state index >= 15 is 0 Å². The van der Waals surface area contributed by atoms with Crippen LogP contribution in [0.15, 0.2) is 60.9 Å². The number of hydrogen-bond acceptors (Lipinski definition) is 5. The molecule has 2 N–H and O–H groups in total. The Morgan fingerprint density at radius 3 is 2.41 bits per heavy atom. The molecule has 6 nitrogen and oxygen atoms in total. The van der Waals surface area contributed by atoms with Crippen molar-refractivity contribution in [2.24, 2.45) is 0 Å².